The Hall–Kier alpha value is -18.5. The molecule has 3 aliphatic rings. The summed E-state index contributed by atoms with van der Waals surface area (Å²) < 4.78 is 12.7. The van der Waals surface area contributed by atoms with Gasteiger partial charge in [0.05, 0.1) is 66.2 Å². The summed E-state index contributed by atoms with van der Waals surface area (Å²) >= 11 is 4.79. The Labute approximate surface area is 872 Å². The van der Waals surface area contributed by atoms with Crippen LogP contribution in [0.5, 0.6) is 11.5 Å². The maximum Gasteiger partial charge on any atom is 0.353 e. The molecular weight excluding hydrogens is 1990 g/mol. The van der Waals surface area contributed by atoms with Gasteiger partial charge in [-0.1, -0.05) is 98.1 Å². The minimum absolute atomic E-state index is 0.0304. The summed E-state index contributed by atoms with van der Waals surface area (Å²) in [6, 6.07) is 59.5. The molecule has 1 fully saturated rings. The molecule has 1 unspecified atom stereocenters. The second-order valence-corrected chi connectivity index (χ2v) is 38.3. The molecule has 150 heavy (non-hydrogen) atoms. The molecule has 41 nitrogen and oxygen atoms in total. The van der Waals surface area contributed by atoms with Crippen LogP contribution in [0.15, 0.2) is 225 Å². The van der Waals surface area contributed by atoms with Crippen LogP contribution in [-0.2, 0) is 22.4 Å². The average Bonchev–Trinajstić information content (AvgIpc) is 1.60. The van der Waals surface area contributed by atoms with Crippen LogP contribution in [0.25, 0.3) is 80.0 Å². The number of aromatic nitrogens is 10. The van der Waals surface area contributed by atoms with Crippen molar-refractivity contribution >= 4 is 241 Å². The zero-order valence-electron chi connectivity index (χ0n) is 82.4. The summed E-state index contributed by atoms with van der Waals surface area (Å²) in [6.45, 7) is 11.3. The van der Waals surface area contributed by atoms with E-state index in [1.54, 1.807) is 51.7 Å². The number of nitro groups is 3. The highest BCUT2D eigenvalue weighted by Gasteiger charge is 2.36. The zero-order chi connectivity index (χ0) is 108. The molecule has 1 atom stereocenters. The number of nitrogens with zero attached hydrogens (tertiary/aromatic N) is 16. The van der Waals surface area contributed by atoms with Crippen LogP contribution in [0.3, 0.4) is 0 Å². The normalized spacial score (nSPS) is 12.9. The quantitative estimate of drug-likeness (QED) is 0.00952. The molecule has 766 valence electrons. The number of allylic oxidation sites excluding steroid dienone is 1. The first-order valence-electron chi connectivity index (χ1n) is 46.4. The van der Waals surface area contributed by atoms with Gasteiger partial charge < -0.3 is 85.7 Å². The number of benzene rings is 6. The van der Waals surface area contributed by atoms with Gasteiger partial charge in [0.1, 0.15) is 69.2 Å². The standard InChI is InChI=1S/C21H21NO4.C19H13NO.C14H12N4OS.C13H13N5O2.C11H17N5O2.C10H11N3OS.C9H9N3OS.C8H6N4O3S/c1-5-25-17-8-6-16(7-9-17)22-13(2)21(14(3)23)19-12-18(26-15(4)24)10-11-20(19)22;21-19-12-13-5-1-2-6-15(13)17(19)11-14-9-10-20-18-8-4-3-7-16(14)18;15-11-10-9(18-8-4-2-1-3-5-8)6-7-17-14(10)20-12(11)13(16)19;1-8-6-9-4-2-3-5-10(9)17(8)13-11(18(19)20)12(14)15-7-16-13;1-15(8-5-3-2-4-6-8)11-9(16(17)18)10(12)13-7-14-11;1-13(2)10(14)8-7(11)6-4-3-5-12-9(6)15-8;1-4-2-3-5-6(10)7(8(11)13)14-9(5)12-4;9-5-4-1-3(12(14)15)2-11-8(4)16-6(5)7(10)13/h6-12H,5H2,1-4H3;1-11H,12H2;1-7H,15H2,(H2,16,19)(H,17,18);2-5,7-8H,6H2,1H3,(H2,14,15,16);7-8H,2-6H2,1H3,(H2,12,13,14);3-5H,11H2,1-2H3;2-3H,10H2,1H3,(H2,11,13);1-2H,9H2,(H2,10,13)/b;17-11-;;;;;;. The molecule has 0 bridgehead atoms. The molecule has 1 aliphatic heterocycles. The molecule has 0 spiro atoms. The molecular formula is C105H102N26O15S4. The number of carbonyl (C=O) groups excluding carboxylic acids is 7. The van der Waals surface area contributed by atoms with Crippen molar-refractivity contribution in [2.75, 3.05) is 77.3 Å². The summed E-state index contributed by atoms with van der Waals surface area (Å²) in [5.74, 6) is -0.391. The fourth-order valence-corrected chi connectivity index (χ4v) is 21.0. The van der Waals surface area contributed by atoms with Crippen molar-refractivity contribution in [3.05, 3.63) is 315 Å². The van der Waals surface area contributed by atoms with Crippen molar-refractivity contribution in [2.24, 2.45) is 17.2 Å². The molecule has 19 N–H and O–H groups in total. The van der Waals surface area contributed by atoms with E-state index in [1.807, 2.05) is 225 Å². The molecule has 21 rings (SSSR count). The molecule has 1 saturated carbocycles. The molecule has 2 aliphatic carbocycles. The van der Waals surface area contributed by atoms with Crippen molar-refractivity contribution in [2.45, 2.75) is 98.6 Å². The Morgan fingerprint density at radius 1 is 0.553 bits per heavy atom. The summed E-state index contributed by atoms with van der Waals surface area (Å²) in [6.07, 6.45) is 17.8. The lowest BCUT2D eigenvalue weighted by Gasteiger charge is -2.31. The fourth-order valence-electron chi connectivity index (χ4n) is 17.1. The maximum atomic E-state index is 12.3. The van der Waals surface area contributed by atoms with E-state index in [0.717, 1.165) is 165 Å². The number of pyridine rings is 5. The Morgan fingerprint density at radius 3 is 1.79 bits per heavy atom. The first-order chi connectivity index (χ1) is 71.8. The monoisotopic (exact) mass is 2090 g/mol. The number of nitrogens with one attached hydrogen (secondary N) is 1. The lowest BCUT2D eigenvalue weighted by Crippen LogP contribution is -2.34. The van der Waals surface area contributed by atoms with E-state index in [4.69, 9.17) is 61.1 Å². The number of para-hydroxylation sites is 3. The summed E-state index contributed by atoms with van der Waals surface area (Å²) in [7, 11) is 5.25. The highest BCUT2D eigenvalue weighted by Crippen LogP contribution is 2.45. The van der Waals surface area contributed by atoms with E-state index in [-0.39, 0.29) is 68.6 Å². The minimum Gasteiger partial charge on any atom is -0.494 e. The number of amides is 4. The summed E-state index contributed by atoms with van der Waals surface area (Å²) in [5.41, 5.74) is 64.0. The molecule has 13 heterocycles. The van der Waals surface area contributed by atoms with Crippen molar-refractivity contribution in [1.82, 2.24) is 54.3 Å². The largest absolute Gasteiger partial charge is 0.494 e. The highest BCUT2D eigenvalue weighted by molar-refractivity contribution is 7.22. The predicted molar refractivity (Wildman–Crippen MR) is 589 cm³/mol. The number of Topliss-reactive ketones (excluding diaryl/α,β-unsaturated/α-hetero) is 2. The molecule has 0 radical (unpaired) electrons. The number of fused-ring (bicyclic) bond motifs is 8. The highest BCUT2D eigenvalue weighted by atomic mass is 32.1. The van der Waals surface area contributed by atoms with Crippen LogP contribution >= 0.6 is 45.3 Å². The summed E-state index contributed by atoms with van der Waals surface area (Å²) in [5, 5.41) is 40.7. The lowest BCUT2D eigenvalue weighted by atomic mass is 9.94. The Morgan fingerprint density at radius 2 is 1.13 bits per heavy atom. The number of hydrogen-bond donors (Lipinski definition) is 10. The molecule has 6 aromatic carbocycles. The maximum absolute atomic E-state index is 12.3. The lowest BCUT2D eigenvalue weighted by molar-refractivity contribution is -0.385. The third-order valence-electron chi connectivity index (χ3n) is 24.0. The number of ketones is 2. The van der Waals surface area contributed by atoms with Crippen molar-refractivity contribution < 1.29 is 57.8 Å². The number of thiophene rings is 4. The van der Waals surface area contributed by atoms with Crippen LogP contribution < -0.4 is 76.2 Å². The van der Waals surface area contributed by atoms with E-state index in [2.05, 4.69) is 50.2 Å². The van der Waals surface area contributed by atoms with E-state index in [0.29, 0.717) is 82.9 Å². The second-order valence-electron chi connectivity index (χ2n) is 34.3. The van der Waals surface area contributed by atoms with Gasteiger partial charge in [-0.25, -0.2) is 39.9 Å². The number of nitrogen functional groups attached to an aromatic ring is 6. The third kappa shape index (κ3) is 24.2. The van der Waals surface area contributed by atoms with Crippen LogP contribution in [0.1, 0.15) is 142 Å². The van der Waals surface area contributed by atoms with Crippen LogP contribution in [-0.4, -0.2) is 150 Å². The predicted octanol–water partition coefficient (Wildman–Crippen LogP) is 18.6. The van der Waals surface area contributed by atoms with E-state index in [9.17, 15) is 63.9 Å². The van der Waals surface area contributed by atoms with Crippen molar-refractivity contribution in [3.8, 4) is 17.2 Å². The third-order valence-corrected chi connectivity index (χ3v) is 28.5. The van der Waals surface area contributed by atoms with Gasteiger partial charge in [0.25, 0.3) is 29.3 Å². The van der Waals surface area contributed by atoms with E-state index < -0.39 is 38.5 Å². The van der Waals surface area contributed by atoms with Crippen molar-refractivity contribution in [3.63, 3.8) is 0 Å². The van der Waals surface area contributed by atoms with Gasteiger partial charge in [-0.05, 0) is 185 Å². The first-order valence-corrected chi connectivity index (χ1v) is 49.6. The van der Waals surface area contributed by atoms with Gasteiger partial charge in [0, 0.05) is 138 Å². The number of hydrogen-bond acceptors (Lipinski definition) is 37. The average molecular weight is 2100 g/mol. The summed E-state index contributed by atoms with van der Waals surface area (Å²) in [4.78, 5) is 158. The van der Waals surface area contributed by atoms with Crippen LogP contribution in [0, 0.1) is 44.2 Å². The Bertz CT molecular complexity index is 8270. The number of esters is 1. The number of anilines is 11. The number of carbonyl (C=O) groups is 7. The number of ether oxygens (including phenoxy) is 2. The Kier molecular flexibility index (Phi) is 34.0. The smallest absolute Gasteiger partial charge is 0.353 e. The Balaban J connectivity index is 0.000000136. The van der Waals surface area contributed by atoms with E-state index >= 15 is 0 Å². The molecule has 12 aromatic heterocycles. The van der Waals surface area contributed by atoms with Gasteiger partial charge >= 0.3 is 17.3 Å². The second kappa shape index (κ2) is 47.6. The zero-order valence-corrected chi connectivity index (χ0v) is 85.6. The van der Waals surface area contributed by atoms with Gasteiger partial charge in [-0.15, -0.1) is 45.3 Å². The van der Waals surface area contributed by atoms with Crippen LogP contribution in [0.4, 0.5) is 80.1 Å². The number of primary amides is 3. The fraction of sp³-hybridized carbons (Fsp3) is 0.181. The number of aryl methyl sites for hydroxylation is 1. The molecule has 0 saturated heterocycles. The molecule has 18 aromatic rings. The number of nitrogens with two attached hydrogens (primary N) is 9. The van der Waals surface area contributed by atoms with Gasteiger partial charge in [0.15, 0.2) is 11.6 Å². The minimum atomic E-state index is -0.664. The van der Waals surface area contributed by atoms with Crippen LogP contribution in [0.2, 0.25) is 0 Å². The number of rotatable bonds is 18. The van der Waals surface area contributed by atoms with Gasteiger partial charge in [-0.2, -0.15) is 0 Å². The van der Waals surface area contributed by atoms with E-state index in [1.165, 1.54) is 71.0 Å². The van der Waals surface area contributed by atoms with Gasteiger partial charge in [0.2, 0.25) is 23.3 Å². The van der Waals surface area contributed by atoms with Gasteiger partial charge in [-0.3, -0.25) is 68.9 Å². The first kappa shape index (κ1) is 107. The van der Waals surface area contributed by atoms with Crippen molar-refractivity contribution in [1.29, 1.82) is 0 Å². The SMILES string of the molecule is CC1Cc2ccccc2N1c1ncnc(N)c1[N+](=O)[O-].CCOc1ccc(-n2c(C)c(C(C)=O)c3cc(OC(C)=O)ccc32)cc1.CN(C)C(=O)c1sc2ncccc2c1N.CN(c1ncnc(N)c1[N+](=O)[O-])C1CCCCC1.Cc1ccc2c(N)c(C(N)=O)sc2n1.NC(=O)c1sc2ncc([N+](=O)[O-])cc2c1N.NC(=O)c1sc2nccc(Nc3ccccc3)c2c1N.O=C1Cc2ccccc2/C1=C/c1ccnc2ccccc12. The molecule has 45 heteroatoms. The topological polar surface area (TPSA) is 644 Å². The molecule has 4 amide bonds.